The third-order valence-electron chi connectivity index (χ3n) is 5.67. The van der Waals surface area contributed by atoms with Crippen LogP contribution in [0.4, 0.5) is 0 Å². The van der Waals surface area contributed by atoms with Crippen LogP contribution < -0.4 is 10.9 Å². The number of carbonyl (C=O) groups is 1. The van der Waals surface area contributed by atoms with Gasteiger partial charge in [-0.25, -0.2) is 10.4 Å². The molecule has 2 saturated heterocycles. The van der Waals surface area contributed by atoms with Crippen LogP contribution in [0, 0.1) is 5.92 Å². The second-order valence-corrected chi connectivity index (χ2v) is 7.76. The Bertz CT molecular complexity index is 724. The van der Waals surface area contributed by atoms with Gasteiger partial charge >= 0.3 is 0 Å². The number of H-pyrrole nitrogens is 1. The summed E-state index contributed by atoms with van der Waals surface area (Å²) < 4.78 is 0. The molecule has 2 fully saturated rings. The molecule has 0 bridgehead atoms. The number of rotatable bonds is 5. The molecule has 2 aliphatic rings. The van der Waals surface area contributed by atoms with E-state index in [9.17, 15) is 4.79 Å². The predicted molar refractivity (Wildman–Crippen MR) is 102 cm³/mol. The summed E-state index contributed by atoms with van der Waals surface area (Å²) in [6.07, 6.45) is 6.31. The number of nitrogens with one attached hydrogen (secondary N) is 3. The Kier molecular flexibility index (Phi) is 5.22. The Balaban J connectivity index is 1.35. The number of hydrogen-bond acceptors (Lipinski definition) is 4. The molecule has 1 aromatic heterocycles. The van der Waals surface area contributed by atoms with Crippen molar-refractivity contribution in [3.05, 3.63) is 30.1 Å². The van der Waals surface area contributed by atoms with E-state index in [1.807, 2.05) is 18.2 Å². The maximum atomic E-state index is 12.9. The largest absolute Gasteiger partial charge is 0.342 e. The SMILES string of the molecule is CCCC1CC(C(=O)N2CCCC(Cc3nc4ccccc4[nH]3)C2)NN1. The van der Waals surface area contributed by atoms with Gasteiger partial charge in [-0.15, -0.1) is 0 Å². The smallest absolute Gasteiger partial charge is 0.241 e. The van der Waals surface area contributed by atoms with Gasteiger partial charge in [0.05, 0.1) is 11.0 Å². The van der Waals surface area contributed by atoms with Crippen LogP contribution in [-0.2, 0) is 11.2 Å². The van der Waals surface area contributed by atoms with Gasteiger partial charge < -0.3 is 9.88 Å². The lowest BCUT2D eigenvalue weighted by molar-refractivity contribution is -0.135. The van der Waals surface area contributed by atoms with E-state index in [1.165, 1.54) is 0 Å². The molecule has 6 heteroatoms. The number of imidazole rings is 1. The monoisotopic (exact) mass is 355 g/mol. The third-order valence-corrected chi connectivity index (χ3v) is 5.67. The molecule has 3 unspecified atom stereocenters. The van der Waals surface area contributed by atoms with Gasteiger partial charge in [-0.2, -0.15) is 0 Å². The number of para-hydroxylation sites is 2. The predicted octanol–water partition coefficient (Wildman–Crippen LogP) is 2.38. The van der Waals surface area contributed by atoms with Gasteiger partial charge in [0.15, 0.2) is 0 Å². The zero-order valence-corrected chi connectivity index (χ0v) is 15.5. The van der Waals surface area contributed by atoms with E-state index in [0.29, 0.717) is 12.0 Å². The van der Waals surface area contributed by atoms with Gasteiger partial charge in [0.2, 0.25) is 5.91 Å². The molecule has 0 spiro atoms. The minimum atomic E-state index is -0.0727. The quantitative estimate of drug-likeness (QED) is 0.770. The number of benzene rings is 1. The summed E-state index contributed by atoms with van der Waals surface area (Å²) in [7, 11) is 0. The number of hydrazine groups is 1. The first-order valence-corrected chi connectivity index (χ1v) is 9.96. The highest BCUT2D eigenvalue weighted by Gasteiger charge is 2.34. The lowest BCUT2D eigenvalue weighted by Gasteiger charge is -2.34. The molecule has 3 atom stereocenters. The van der Waals surface area contributed by atoms with E-state index < -0.39 is 0 Å². The number of aromatic nitrogens is 2. The Hall–Kier alpha value is -1.92. The summed E-state index contributed by atoms with van der Waals surface area (Å²) in [4.78, 5) is 23.1. The van der Waals surface area contributed by atoms with Gasteiger partial charge in [-0.1, -0.05) is 25.5 Å². The molecule has 4 rings (SSSR count). The molecule has 2 aromatic rings. The van der Waals surface area contributed by atoms with E-state index >= 15 is 0 Å². The maximum absolute atomic E-state index is 12.9. The molecule has 3 heterocycles. The lowest BCUT2D eigenvalue weighted by Crippen LogP contribution is -2.49. The minimum absolute atomic E-state index is 0.0727. The van der Waals surface area contributed by atoms with Crippen molar-refractivity contribution >= 4 is 16.9 Å². The molecule has 0 aliphatic carbocycles. The molecular formula is C20H29N5O. The average molecular weight is 355 g/mol. The molecule has 1 aromatic carbocycles. The fourth-order valence-electron chi connectivity index (χ4n) is 4.35. The second kappa shape index (κ2) is 7.76. The van der Waals surface area contributed by atoms with Gasteiger partial charge in [-0.3, -0.25) is 10.2 Å². The zero-order valence-electron chi connectivity index (χ0n) is 15.5. The van der Waals surface area contributed by atoms with Crippen LogP contribution in [0.1, 0.15) is 44.9 Å². The van der Waals surface area contributed by atoms with E-state index in [-0.39, 0.29) is 11.9 Å². The lowest BCUT2D eigenvalue weighted by atomic mass is 9.93. The normalized spacial score (nSPS) is 26.5. The van der Waals surface area contributed by atoms with Crippen molar-refractivity contribution in [3.63, 3.8) is 0 Å². The topological polar surface area (TPSA) is 73.0 Å². The third kappa shape index (κ3) is 3.76. The Morgan fingerprint density at radius 3 is 3.04 bits per heavy atom. The van der Waals surface area contributed by atoms with Crippen LogP contribution in [0.5, 0.6) is 0 Å². The summed E-state index contributed by atoms with van der Waals surface area (Å²) in [5.74, 6) is 1.77. The van der Waals surface area contributed by atoms with Gasteiger partial charge in [-0.05, 0) is 43.7 Å². The van der Waals surface area contributed by atoms with Crippen LogP contribution in [0.15, 0.2) is 24.3 Å². The Morgan fingerprint density at radius 1 is 1.31 bits per heavy atom. The first kappa shape index (κ1) is 17.5. The number of nitrogens with zero attached hydrogens (tertiary/aromatic N) is 2. The van der Waals surface area contributed by atoms with E-state index in [1.54, 1.807) is 0 Å². The van der Waals surface area contributed by atoms with E-state index in [2.05, 4.69) is 33.7 Å². The van der Waals surface area contributed by atoms with Crippen LogP contribution in [-0.4, -0.2) is 45.9 Å². The number of carbonyl (C=O) groups excluding carboxylic acids is 1. The highest BCUT2D eigenvalue weighted by Crippen LogP contribution is 2.23. The molecule has 3 N–H and O–H groups in total. The average Bonchev–Trinajstić information content (AvgIpc) is 3.28. The van der Waals surface area contributed by atoms with Crippen molar-refractivity contribution in [3.8, 4) is 0 Å². The van der Waals surface area contributed by atoms with Gasteiger partial charge in [0.1, 0.15) is 11.9 Å². The standard InChI is InChI=1S/C20H29N5O/c1-2-6-15-12-18(24-23-15)20(26)25-10-5-7-14(13-25)11-19-21-16-8-3-4-9-17(16)22-19/h3-4,8-9,14-15,18,23-24H,2,5-7,10-13H2,1H3,(H,21,22). The van der Waals surface area contributed by atoms with Crippen LogP contribution >= 0.6 is 0 Å². The molecule has 2 aliphatic heterocycles. The summed E-state index contributed by atoms with van der Waals surface area (Å²) in [5, 5.41) is 0. The van der Waals surface area contributed by atoms with Crippen molar-refractivity contribution in [1.82, 2.24) is 25.7 Å². The van der Waals surface area contributed by atoms with Crippen LogP contribution in [0.3, 0.4) is 0 Å². The fraction of sp³-hybridized carbons (Fsp3) is 0.600. The molecule has 1 amide bonds. The zero-order chi connectivity index (χ0) is 17.9. The number of fused-ring (bicyclic) bond motifs is 1. The summed E-state index contributed by atoms with van der Waals surface area (Å²) in [5.41, 5.74) is 8.61. The highest BCUT2D eigenvalue weighted by molar-refractivity contribution is 5.82. The van der Waals surface area contributed by atoms with Crippen molar-refractivity contribution in [2.75, 3.05) is 13.1 Å². The van der Waals surface area contributed by atoms with Crippen molar-refractivity contribution in [1.29, 1.82) is 0 Å². The minimum Gasteiger partial charge on any atom is -0.342 e. The number of likely N-dealkylation sites (tertiary alicyclic amines) is 1. The Morgan fingerprint density at radius 2 is 2.19 bits per heavy atom. The number of piperidine rings is 1. The Labute approximate surface area is 154 Å². The molecule has 6 nitrogen and oxygen atoms in total. The first-order chi connectivity index (χ1) is 12.7. The van der Waals surface area contributed by atoms with Crippen molar-refractivity contribution in [2.24, 2.45) is 5.92 Å². The van der Waals surface area contributed by atoms with E-state index in [4.69, 9.17) is 4.98 Å². The summed E-state index contributed by atoms with van der Waals surface area (Å²) in [6.45, 7) is 3.91. The van der Waals surface area contributed by atoms with Crippen molar-refractivity contribution < 1.29 is 4.79 Å². The van der Waals surface area contributed by atoms with Gasteiger partial charge in [0, 0.05) is 25.6 Å². The maximum Gasteiger partial charge on any atom is 0.241 e. The van der Waals surface area contributed by atoms with E-state index in [0.717, 1.165) is 68.5 Å². The van der Waals surface area contributed by atoms with Crippen LogP contribution in [0.25, 0.3) is 11.0 Å². The second-order valence-electron chi connectivity index (χ2n) is 7.76. The van der Waals surface area contributed by atoms with Crippen molar-refractivity contribution in [2.45, 2.75) is 57.5 Å². The number of hydrogen-bond donors (Lipinski definition) is 3. The molecule has 0 radical (unpaired) electrons. The molecule has 140 valence electrons. The summed E-state index contributed by atoms with van der Waals surface area (Å²) >= 11 is 0. The highest BCUT2D eigenvalue weighted by atomic mass is 16.2. The number of aromatic amines is 1. The molecular weight excluding hydrogens is 326 g/mol. The number of amides is 1. The fourth-order valence-corrected chi connectivity index (χ4v) is 4.35. The first-order valence-electron chi connectivity index (χ1n) is 9.96. The molecule has 26 heavy (non-hydrogen) atoms. The molecule has 0 saturated carbocycles. The van der Waals surface area contributed by atoms with Gasteiger partial charge in [0.25, 0.3) is 0 Å². The van der Waals surface area contributed by atoms with Crippen LogP contribution in [0.2, 0.25) is 0 Å². The summed E-state index contributed by atoms with van der Waals surface area (Å²) in [6, 6.07) is 8.50.